The number of hydrogen-bond acceptors (Lipinski definition) is 3. The van der Waals surface area contributed by atoms with Crippen LogP contribution in [0.3, 0.4) is 0 Å². The van der Waals surface area contributed by atoms with Gasteiger partial charge in [0.25, 0.3) is 10.0 Å². The Bertz CT molecular complexity index is 1500. The Hall–Kier alpha value is -3.94. The van der Waals surface area contributed by atoms with Crippen molar-refractivity contribution in [1.82, 2.24) is 0 Å². The summed E-state index contributed by atoms with van der Waals surface area (Å²) >= 11 is 0. The van der Waals surface area contributed by atoms with Gasteiger partial charge in [0.05, 0.1) is 29.9 Å². The molecule has 8 heteroatoms. The summed E-state index contributed by atoms with van der Waals surface area (Å²) in [5.74, 6) is 9.26. The number of azide groups is 1. The maximum Gasteiger partial charge on any atom is 0.275 e. The summed E-state index contributed by atoms with van der Waals surface area (Å²) in [6, 6.07) is 24.0. The van der Waals surface area contributed by atoms with Gasteiger partial charge in [0.1, 0.15) is 0 Å². The van der Waals surface area contributed by atoms with Crippen LogP contribution in [0.5, 0.6) is 0 Å². The molecule has 3 aromatic carbocycles. The van der Waals surface area contributed by atoms with Crippen LogP contribution in [-0.4, -0.2) is 16.5 Å². The molecule has 0 fully saturated rings. The Morgan fingerprint density at radius 1 is 0.914 bits per heavy atom. The molecule has 3 rings (SSSR count). The third-order valence-electron chi connectivity index (χ3n) is 4.87. The molecule has 0 aliphatic carbocycles. The minimum Gasteiger partial charge on any atom is -0.200 e. The van der Waals surface area contributed by atoms with Crippen LogP contribution >= 0.6 is 0 Å². The van der Waals surface area contributed by atoms with Gasteiger partial charge in [-0.25, -0.2) is 8.42 Å². The van der Waals surface area contributed by atoms with Gasteiger partial charge >= 0.3 is 0 Å². The lowest BCUT2D eigenvalue weighted by Crippen LogP contribution is -2.27. The molecule has 0 unspecified atom stereocenters. The predicted molar refractivity (Wildman–Crippen MR) is 144 cm³/mol. The SMILES string of the molecule is Cc1ccc(S(=O)(=O)N(C#Cc2ccccc2N=[N+]=[N-])c2ccccc2C#CC[Si](C)(C)C)cc1. The topological polar surface area (TPSA) is 86.1 Å². The van der Waals surface area contributed by atoms with E-state index in [1.807, 2.05) is 13.0 Å². The average Bonchev–Trinajstić information content (AvgIpc) is 2.81. The molecule has 0 saturated carbocycles. The maximum absolute atomic E-state index is 13.8. The number of rotatable bonds is 5. The van der Waals surface area contributed by atoms with Crippen molar-refractivity contribution < 1.29 is 8.42 Å². The van der Waals surface area contributed by atoms with E-state index >= 15 is 0 Å². The van der Waals surface area contributed by atoms with Crippen molar-refractivity contribution in [3.05, 3.63) is 99.9 Å². The molecule has 35 heavy (non-hydrogen) atoms. The van der Waals surface area contributed by atoms with Gasteiger partial charge in [-0.3, -0.25) is 0 Å². The van der Waals surface area contributed by atoms with E-state index in [1.165, 1.54) is 0 Å². The van der Waals surface area contributed by atoms with Crippen LogP contribution in [0.1, 0.15) is 16.7 Å². The van der Waals surface area contributed by atoms with Gasteiger partial charge in [-0.2, -0.15) is 4.31 Å². The lowest BCUT2D eigenvalue weighted by molar-refractivity contribution is 0.596. The minimum atomic E-state index is -4.04. The summed E-state index contributed by atoms with van der Waals surface area (Å²) in [6.45, 7) is 8.58. The molecule has 0 heterocycles. The van der Waals surface area contributed by atoms with E-state index in [9.17, 15) is 8.42 Å². The summed E-state index contributed by atoms with van der Waals surface area (Å²) in [5, 5.41) is 3.66. The molecule has 0 atom stereocenters. The highest BCUT2D eigenvalue weighted by atomic mass is 32.2. The van der Waals surface area contributed by atoms with E-state index in [0.717, 1.165) is 15.9 Å². The summed E-state index contributed by atoms with van der Waals surface area (Å²) in [6.07, 6.45) is 0. The lowest BCUT2D eigenvalue weighted by Gasteiger charge is -2.20. The third-order valence-corrected chi connectivity index (χ3v) is 7.75. The van der Waals surface area contributed by atoms with Crippen LogP contribution in [0.4, 0.5) is 11.4 Å². The highest BCUT2D eigenvalue weighted by Crippen LogP contribution is 2.27. The summed E-state index contributed by atoms with van der Waals surface area (Å²) in [7, 11) is -5.44. The summed E-state index contributed by atoms with van der Waals surface area (Å²) < 4.78 is 28.6. The molecule has 0 amide bonds. The highest BCUT2D eigenvalue weighted by Gasteiger charge is 2.25. The fraction of sp³-hybridized carbons (Fsp3) is 0.185. The first kappa shape index (κ1) is 25.7. The molecular formula is C27H26N4O2SSi. The fourth-order valence-corrected chi connectivity index (χ4v) is 4.95. The molecular weight excluding hydrogens is 472 g/mol. The van der Waals surface area contributed by atoms with Gasteiger partial charge in [0.2, 0.25) is 0 Å². The van der Waals surface area contributed by atoms with Crippen molar-refractivity contribution in [2.75, 3.05) is 4.31 Å². The van der Waals surface area contributed by atoms with E-state index < -0.39 is 18.1 Å². The van der Waals surface area contributed by atoms with Gasteiger partial charge in [0.15, 0.2) is 0 Å². The first-order chi connectivity index (χ1) is 16.6. The molecule has 0 spiro atoms. The van der Waals surface area contributed by atoms with Crippen molar-refractivity contribution >= 4 is 29.5 Å². The molecule has 0 radical (unpaired) electrons. The zero-order valence-electron chi connectivity index (χ0n) is 20.1. The molecule has 0 aliphatic rings. The lowest BCUT2D eigenvalue weighted by atomic mass is 10.2. The van der Waals surface area contributed by atoms with E-state index in [4.69, 9.17) is 5.53 Å². The van der Waals surface area contributed by atoms with E-state index in [0.29, 0.717) is 22.5 Å². The summed E-state index contributed by atoms with van der Waals surface area (Å²) in [5.41, 5.74) is 11.5. The largest absolute Gasteiger partial charge is 0.275 e. The van der Waals surface area contributed by atoms with Crippen molar-refractivity contribution in [3.8, 4) is 23.8 Å². The molecule has 0 aromatic heterocycles. The Labute approximate surface area is 208 Å². The smallest absolute Gasteiger partial charge is 0.200 e. The summed E-state index contributed by atoms with van der Waals surface area (Å²) in [4.78, 5) is 2.95. The number of nitrogens with zero attached hydrogens (tertiary/aromatic N) is 4. The molecule has 0 bridgehead atoms. The normalized spacial score (nSPS) is 10.7. The second kappa shape index (κ2) is 11.0. The van der Waals surface area contributed by atoms with Gasteiger partial charge in [-0.15, -0.1) is 5.92 Å². The van der Waals surface area contributed by atoms with Gasteiger partial charge in [-0.05, 0) is 48.7 Å². The minimum absolute atomic E-state index is 0.116. The average molecular weight is 499 g/mol. The molecule has 3 aromatic rings. The number of para-hydroxylation sites is 1. The van der Waals surface area contributed by atoms with Gasteiger partial charge in [-0.1, -0.05) is 78.7 Å². The molecule has 176 valence electrons. The predicted octanol–water partition coefficient (Wildman–Crippen LogP) is 6.83. The zero-order chi connectivity index (χ0) is 25.5. The number of hydrogen-bond donors (Lipinski definition) is 0. The Morgan fingerprint density at radius 2 is 1.54 bits per heavy atom. The van der Waals surface area contributed by atoms with Crippen LogP contribution in [-0.2, 0) is 10.0 Å². The Balaban J connectivity index is 2.20. The molecule has 0 saturated heterocycles. The standard InChI is InChI=1S/C27H26N4O2SSi/c1-22-15-17-25(18-16-22)34(32,33)31(20-19-23-10-5-7-13-26(23)29-30-28)27-14-8-6-11-24(27)12-9-21-35(2,3)4/h5-8,10-11,13-18H,21H2,1-4H3. The van der Waals surface area contributed by atoms with Crippen LogP contribution < -0.4 is 4.31 Å². The van der Waals surface area contributed by atoms with Crippen molar-refractivity contribution in [2.45, 2.75) is 37.5 Å². The number of aryl methyl sites for hydroxylation is 1. The van der Waals surface area contributed by atoms with Crippen LogP contribution in [0.25, 0.3) is 10.4 Å². The molecule has 6 nitrogen and oxygen atoms in total. The van der Waals surface area contributed by atoms with Crippen LogP contribution in [0.2, 0.25) is 25.7 Å². The van der Waals surface area contributed by atoms with E-state index in [2.05, 4.69) is 53.5 Å². The second-order valence-electron chi connectivity index (χ2n) is 9.08. The molecule has 0 aliphatic heterocycles. The van der Waals surface area contributed by atoms with E-state index in [1.54, 1.807) is 66.7 Å². The van der Waals surface area contributed by atoms with Gasteiger partial charge in [0, 0.05) is 22.6 Å². The fourth-order valence-electron chi connectivity index (χ4n) is 3.05. The molecule has 0 N–H and O–H groups in total. The zero-order valence-corrected chi connectivity index (χ0v) is 22.0. The first-order valence-corrected chi connectivity index (χ1v) is 16.1. The monoisotopic (exact) mass is 498 g/mol. The van der Waals surface area contributed by atoms with E-state index in [-0.39, 0.29) is 4.90 Å². The first-order valence-electron chi connectivity index (χ1n) is 11.0. The van der Waals surface area contributed by atoms with Crippen molar-refractivity contribution in [3.63, 3.8) is 0 Å². The number of anilines is 1. The van der Waals surface area contributed by atoms with Crippen molar-refractivity contribution in [2.24, 2.45) is 5.11 Å². The number of benzene rings is 3. The quantitative estimate of drug-likeness (QED) is 0.0964. The van der Waals surface area contributed by atoms with Crippen molar-refractivity contribution in [1.29, 1.82) is 0 Å². The Morgan fingerprint density at radius 3 is 2.20 bits per heavy atom. The Kier molecular flexibility index (Phi) is 8.06. The highest BCUT2D eigenvalue weighted by molar-refractivity contribution is 7.93. The van der Waals surface area contributed by atoms with Crippen LogP contribution in [0.15, 0.2) is 82.8 Å². The second-order valence-corrected chi connectivity index (χ2v) is 16.3. The maximum atomic E-state index is 13.8. The number of sulfonamides is 1. The van der Waals surface area contributed by atoms with Gasteiger partial charge < -0.3 is 0 Å². The van der Waals surface area contributed by atoms with Crippen LogP contribution in [0, 0.1) is 30.7 Å². The third kappa shape index (κ3) is 6.78.